The summed E-state index contributed by atoms with van der Waals surface area (Å²) in [5.74, 6) is 0. The van der Waals surface area contributed by atoms with Crippen LogP contribution in [0.4, 0.5) is 0 Å². The topological polar surface area (TPSA) is 27.1 Å². The van der Waals surface area contributed by atoms with Crippen LogP contribution in [0.5, 0.6) is 0 Å². The highest BCUT2D eigenvalue weighted by Crippen LogP contribution is 2.13. The van der Waals surface area contributed by atoms with Crippen molar-refractivity contribution in [2.45, 2.75) is 46.4 Å². The van der Waals surface area contributed by atoms with Crippen LogP contribution in [0.3, 0.4) is 0 Å². The standard InChI is InChI=1S/C10H17IN2O/c1-4-5-13-10(7-14-8(2)3)9(11)6-12-13/h6,8H,4-5,7H2,1-3H3. The molecule has 0 spiro atoms. The number of hydrogen-bond acceptors (Lipinski definition) is 2. The van der Waals surface area contributed by atoms with E-state index in [0.29, 0.717) is 6.61 Å². The number of aryl methyl sites for hydroxylation is 1. The molecular formula is C10H17IN2O. The first-order valence-corrected chi connectivity index (χ1v) is 6.04. The zero-order valence-electron chi connectivity index (χ0n) is 8.96. The first kappa shape index (κ1) is 12.0. The van der Waals surface area contributed by atoms with Crippen LogP contribution in [0.15, 0.2) is 6.20 Å². The summed E-state index contributed by atoms with van der Waals surface area (Å²) in [4.78, 5) is 0. The van der Waals surface area contributed by atoms with Gasteiger partial charge in [-0.25, -0.2) is 0 Å². The van der Waals surface area contributed by atoms with Crippen molar-refractivity contribution in [2.75, 3.05) is 0 Å². The van der Waals surface area contributed by atoms with E-state index < -0.39 is 0 Å². The molecule has 4 heteroatoms. The van der Waals surface area contributed by atoms with Crippen molar-refractivity contribution in [2.24, 2.45) is 0 Å². The Kier molecular flexibility index (Phi) is 4.88. The Hall–Kier alpha value is -0.100. The first-order valence-electron chi connectivity index (χ1n) is 4.97. The van der Waals surface area contributed by atoms with Crippen molar-refractivity contribution in [3.05, 3.63) is 15.5 Å². The maximum atomic E-state index is 5.59. The average molecular weight is 308 g/mol. The Balaban J connectivity index is 2.67. The maximum Gasteiger partial charge on any atom is 0.0899 e. The SMILES string of the molecule is CCCn1ncc(I)c1COC(C)C. The summed E-state index contributed by atoms with van der Waals surface area (Å²) in [6, 6.07) is 0. The largest absolute Gasteiger partial charge is 0.372 e. The minimum Gasteiger partial charge on any atom is -0.372 e. The molecule has 80 valence electrons. The van der Waals surface area contributed by atoms with Gasteiger partial charge in [0.05, 0.1) is 28.2 Å². The molecule has 14 heavy (non-hydrogen) atoms. The molecular weight excluding hydrogens is 291 g/mol. The van der Waals surface area contributed by atoms with Gasteiger partial charge in [0.1, 0.15) is 0 Å². The second kappa shape index (κ2) is 5.70. The van der Waals surface area contributed by atoms with E-state index >= 15 is 0 Å². The first-order chi connectivity index (χ1) is 6.65. The monoisotopic (exact) mass is 308 g/mol. The van der Waals surface area contributed by atoms with E-state index in [9.17, 15) is 0 Å². The lowest BCUT2D eigenvalue weighted by molar-refractivity contribution is 0.0606. The maximum absolute atomic E-state index is 5.59. The second-order valence-corrected chi connectivity index (χ2v) is 4.68. The molecule has 3 nitrogen and oxygen atoms in total. The molecule has 0 aliphatic rings. The normalized spacial score (nSPS) is 11.2. The summed E-state index contributed by atoms with van der Waals surface area (Å²) < 4.78 is 8.81. The van der Waals surface area contributed by atoms with E-state index in [0.717, 1.165) is 13.0 Å². The number of rotatable bonds is 5. The molecule has 0 aliphatic carbocycles. The molecule has 0 amide bonds. The Morgan fingerprint density at radius 3 is 2.86 bits per heavy atom. The fraction of sp³-hybridized carbons (Fsp3) is 0.700. The molecule has 1 aromatic heterocycles. The highest BCUT2D eigenvalue weighted by molar-refractivity contribution is 14.1. The molecule has 0 atom stereocenters. The molecule has 0 aromatic carbocycles. The number of aromatic nitrogens is 2. The van der Waals surface area contributed by atoms with Crippen LogP contribution in [0.1, 0.15) is 32.9 Å². The fourth-order valence-corrected chi connectivity index (χ4v) is 1.74. The Bertz CT molecular complexity index is 284. The zero-order valence-corrected chi connectivity index (χ0v) is 11.1. The van der Waals surface area contributed by atoms with Gasteiger partial charge in [0.25, 0.3) is 0 Å². The molecule has 0 bridgehead atoms. The second-order valence-electron chi connectivity index (χ2n) is 3.52. The van der Waals surface area contributed by atoms with Crippen molar-refractivity contribution in [3.8, 4) is 0 Å². The third-order valence-corrected chi connectivity index (χ3v) is 2.79. The molecule has 0 saturated heterocycles. The van der Waals surface area contributed by atoms with Crippen molar-refractivity contribution in [1.82, 2.24) is 9.78 Å². The molecule has 0 N–H and O–H groups in total. The minimum atomic E-state index is 0.274. The van der Waals surface area contributed by atoms with Crippen molar-refractivity contribution in [1.29, 1.82) is 0 Å². The van der Waals surface area contributed by atoms with E-state index in [4.69, 9.17) is 4.74 Å². The van der Waals surface area contributed by atoms with Crippen LogP contribution in [-0.4, -0.2) is 15.9 Å². The van der Waals surface area contributed by atoms with E-state index in [1.165, 1.54) is 9.26 Å². The third kappa shape index (κ3) is 3.24. The Morgan fingerprint density at radius 2 is 2.29 bits per heavy atom. The van der Waals surface area contributed by atoms with Crippen LogP contribution < -0.4 is 0 Å². The summed E-state index contributed by atoms with van der Waals surface area (Å²) in [5, 5.41) is 4.31. The van der Waals surface area contributed by atoms with Gasteiger partial charge in [-0.3, -0.25) is 4.68 Å². The summed E-state index contributed by atoms with van der Waals surface area (Å²) in [7, 11) is 0. The van der Waals surface area contributed by atoms with Gasteiger partial charge in [0, 0.05) is 6.54 Å². The molecule has 0 aliphatic heterocycles. The Morgan fingerprint density at radius 1 is 1.57 bits per heavy atom. The van der Waals surface area contributed by atoms with Crippen LogP contribution in [0.2, 0.25) is 0 Å². The quantitative estimate of drug-likeness (QED) is 0.782. The third-order valence-electron chi connectivity index (χ3n) is 1.89. The van der Waals surface area contributed by atoms with Gasteiger partial charge in [-0.1, -0.05) is 6.92 Å². The van der Waals surface area contributed by atoms with Crippen LogP contribution in [0.25, 0.3) is 0 Å². The summed E-state index contributed by atoms with van der Waals surface area (Å²) in [6.07, 6.45) is 3.28. The lowest BCUT2D eigenvalue weighted by atomic mass is 10.4. The molecule has 1 aromatic rings. The highest BCUT2D eigenvalue weighted by Gasteiger charge is 2.08. The van der Waals surface area contributed by atoms with E-state index in [-0.39, 0.29) is 6.10 Å². The summed E-state index contributed by atoms with van der Waals surface area (Å²) in [5.41, 5.74) is 1.20. The summed E-state index contributed by atoms with van der Waals surface area (Å²) >= 11 is 2.30. The molecule has 1 rings (SSSR count). The van der Waals surface area contributed by atoms with Crippen molar-refractivity contribution in [3.63, 3.8) is 0 Å². The van der Waals surface area contributed by atoms with Crippen LogP contribution >= 0.6 is 22.6 Å². The van der Waals surface area contributed by atoms with Gasteiger partial charge >= 0.3 is 0 Å². The van der Waals surface area contributed by atoms with E-state index in [1.807, 2.05) is 24.7 Å². The molecule has 0 fully saturated rings. The molecule has 0 unspecified atom stereocenters. The average Bonchev–Trinajstić information content (AvgIpc) is 2.45. The molecule has 1 heterocycles. The molecule has 0 radical (unpaired) electrons. The van der Waals surface area contributed by atoms with Crippen LogP contribution in [0, 0.1) is 3.57 Å². The number of nitrogens with zero attached hydrogens (tertiary/aromatic N) is 2. The fourth-order valence-electron chi connectivity index (χ4n) is 1.18. The number of halogens is 1. The lowest BCUT2D eigenvalue weighted by Gasteiger charge is -2.10. The van der Waals surface area contributed by atoms with E-state index in [2.05, 4.69) is 34.6 Å². The van der Waals surface area contributed by atoms with Gasteiger partial charge in [-0.05, 0) is 42.9 Å². The van der Waals surface area contributed by atoms with Gasteiger partial charge < -0.3 is 4.74 Å². The van der Waals surface area contributed by atoms with Gasteiger partial charge in [-0.15, -0.1) is 0 Å². The van der Waals surface area contributed by atoms with E-state index in [1.54, 1.807) is 0 Å². The summed E-state index contributed by atoms with van der Waals surface area (Å²) in [6.45, 7) is 7.89. The van der Waals surface area contributed by atoms with Gasteiger partial charge in [0.2, 0.25) is 0 Å². The zero-order chi connectivity index (χ0) is 10.6. The number of hydrogen-bond donors (Lipinski definition) is 0. The van der Waals surface area contributed by atoms with Gasteiger partial charge in [-0.2, -0.15) is 5.10 Å². The smallest absolute Gasteiger partial charge is 0.0899 e. The van der Waals surface area contributed by atoms with Gasteiger partial charge in [0.15, 0.2) is 0 Å². The highest BCUT2D eigenvalue weighted by atomic mass is 127. The predicted octanol–water partition coefficient (Wildman–Crippen LogP) is 2.82. The van der Waals surface area contributed by atoms with Crippen LogP contribution in [-0.2, 0) is 17.9 Å². The molecule has 0 saturated carbocycles. The Labute approximate surface area is 99.0 Å². The van der Waals surface area contributed by atoms with Crippen molar-refractivity contribution < 1.29 is 4.74 Å². The van der Waals surface area contributed by atoms with Crippen molar-refractivity contribution >= 4 is 22.6 Å². The lowest BCUT2D eigenvalue weighted by Crippen LogP contribution is -2.10. The minimum absolute atomic E-state index is 0.274. The number of ether oxygens (including phenoxy) is 1. The predicted molar refractivity (Wildman–Crippen MR) is 65.2 cm³/mol.